The Bertz CT molecular complexity index is 1250. The lowest BCUT2D eigenvalue weighted by molar-refractivity contribution is -0.385. The van der Waals surface area contributed by atoms with Gasteiger partial charge in [0.15, 0.2) is 0 Å². The van der Waals surface area contributed by atoms with Crippen LogP contribution < -0.4 is 10.0 Å². The highest BCUT2D eigenvalue weighted by Crippen LogP contribution is 2.21. The van der Waals surface area contributed by atoms with Gasteiger partial charge in [0, 0.05) is 34.3 Å². The molecule has 1 aromatic heterocycles. The third-order valence-corrected chi connectivity index (χ3v) is 5.64. The Balaban J connectivity index is 1.76. The fourth-order valence-corrected chi connectivity index (χ4v) is 3.76. The predicted molar refractivity (Wildman–Crippen MR) is 115 cm³/mol. The minimum atomic E-state index is -3.93. The molecular weight excluding hydrogens is 422 g/mol. The number of nitro benzene ring substituents is 1. The predicted octanol–water partition coefficient (Wildman–Crippen LogP) is 3.36. The molecule has 1 heterocycles. The van der Waals surface area contributed by atoms with Crippen molar-refractivity contribution in [1.29, 1.82) is 0 Å². The van der Waals surface area contributed by atoms with E-state index in [-0.39, 0.29) is 22.1 Å². The first-order valence-electron chi connectivity index (χ1n) is 9.07. The highest BCUT2D eigenvalue weighted by atomic mass is 32.2. The first-order chi connectivity index (χ1) is 14.5. The smallest absolute Gasteiger partial charge is 0.273 e. The van der Waals surface area contributed by atoms with Crippen molar-refractivity contribution in [2.45, 2.75) is 25.7 Å². The van der Waals surface area contributed by atoms with Crippen LogP contribution in [-0.2, 0) is 10.0 Å². The Hall–Kier alpha value is -3.86. The Labute approximate surface area is 178 Å². The number of nitrogens with zero attached hydrogens (tertiary/aromatic N) is 3. The second kappa shape index (κ2) is 8.48. The average molecular weight is 441 g/mol. The molecule has 3 rings (SSSR count). The van der Waals surface area contributed by atoms with Gasteiger partial charge in [-0.15, -0.1) is 0 Å². The van der Waals surface area contributed by atoms with Crippen LogP contribution >= 0.6 is 0 Å². The van der Waals surface area contributed by atoms with Crippen molar-refractivity contribution in [2.75, 3.05) is 10.0 Å². The quantitative estimate of drug-likeness (QED) is 0.441. The first-order valence-corrected chi connectivity index (χ1v) is 10.5. The molecule has 0 saturated heterocycles. The number of anilines is 2. The number of aromatic nitrogens is 2. The molecule has 31 heavy (non-hydrogen) atoms. The molecule has 160 valence electrons. The molecule has 0 fully saturated rings. The number of nitro groups is 1. The largest absolute Gasteiger partial charge is 0.322 e. The molecule has 0 unspecified atom stereocenters. The number of hydrogen-bond donors (Lipinski definition) is 2. The number of rotatable bonds is 6. The van der Waals surface area contributed by atoms with Crippen LogP contribution in [0.3, 0.4) is 0 Å². The van der Waals surface area contributed by atoms with Gasteiger partial charge in [-0.05, 0) is 57.2 Å². The normalized spacial score (nSPS) is 11.1. The molecule has 1 amide bonds. The van der Waals surface area contributed by atoms with Crippen LogP contribution in [0.15, 0.2) is 53.4 Å². The van der Waals surface area contributed by atoms with Gasteiger partial charge in [0.05, 0.1) is 9.82 Å². The van der Waals surface area contributed by atoms with E-state index < -0.39 is 20.9 Å². The number of carbonyl (C=O) groups excluding carboxylic acids is 1. The van der Waals surface area contributed by atoms with Crippen molar-refractivity contribution >= 4 is 33.3 Å². The van der Waals surface area contributed by atoms with Gasteiger partial charge in [0.25, 0.3) is 21.6 Å². The SMILES string of the molecule is Cc1cc(C)nc(NS(=O)(=O)c2ccc(NC(=O)c3ccc(C)c([N+](=O)[O-])c3)cc2)n1. The lowest BCUT2D eigenvalue weighted by atomic mass is 10.1. The number of sulfonamides is 1. The summed E-state index contributed by atoms with van der Waals surface area (Å²) < 4.78 is 27.5. The summed E-state index contributed by atoms with van der Waals surface area (Å²) in [7, 11) is -3.93. The summed E-state index contributed by atoms with van der Waals surface area (Å²) in [6, 6.07) is 11.3. The number of amides is 1. The lowest BCUT2D eigenvalue weighted by Gasteiger charge is -2.09. The standard InChI is InChI=1S/C20H19N5O5S/c1-12-4-5-15(11-18(12)25(27)28)19(26)23-16-6-8-17(9-7-16)31(29,30)24-20-21-13(2)10-14(3)22-20/h4-11H,1-3H3,(H,23,26)(H,21,22,24). The topological polar surface area (TPSA) is 144 Å². The summed E-state index contributed by atoms with van der Waals surface area (Å²) in [5.41, 5.74) is 1.97. The van der Waals surface area contributed by atoms with E-state index in [1.54, 1.807) is 26.8 Å². The van der Waals surface area contributed by atoms with Crippen molar-refractivity contribution in [1.82, 2.24) is 9.97 Å². The molecule has 11 heteroatoms. The number of benzene rings is 2. The van der Waals surface area contributed by atoms with E-state index in [2.05, 4.69) is 20.0 Å². The third-order valence-electron chi connectivity index (χ3n) is 4.30. The Morgan fingerprint density at radius 2 is 1.58 bits per heavy atom. The van der Waals surface area contributed by atoms with Gasteiger partial charge in [-0.1, -0.05) is 6.07 Å². The fraction of sp³-hybridized carbons (Fsp3) is 0.150. The molecule has 0 aliphatic rings. The molecule has 0 aliphatic carbocycles. The Morgan fingerprint density at radius 1 is 0.968 bits per heavy atom. The van der Waals surface area contributed by atoms with Gasteiger partial charge in [0.2, 0.25) is 5.95 Å². The van der Waals surface area contributed by atoms with Gasteiger partial charge < -0.3 is 5.32 Å². The molecule has 0 radical (unpaired) electrons. The lowest BCUT2D eigenvalue weighted by Crippen LogP contribution is -2.16. The van der Waals surface area contributed by atoms with Crippen LogP contribution in [0.1, 0.15) is 27.3 Å². The van der Waals surface area contributed by atoms with Crippen molar-refractivity contribution < 1.29 is 18.1 Å². The molecular formula is C20H19N5O5S. The monoisotopic (exact) mass is 441 g/mol. The van der Waals surface area contributed by atoms with Crippen LogP contribution in [0, 0.1) is 30.9 Å². The molecule has 10 nitrogen and oxygen atoms in total. The van der Waals surface area contributed by atoms with Crippen LogP contribution in [0.4, 0.5) is 17.3 Å². The van der Waals surface area contributed by atoms with E-state index >= 15 is 0 Å². The minimum absolute atomic E-state index is 0.0316. The molecule has 2 aromatic carbocycles. The van der Waals surface area contributed by atoms with E-state index in [1.807, 2.05) is 0 Å². The zero-order valence-corrected chi connectivity index (χ0v) is 17.7. The summed E-state index contributed by atoms with van der Waals surface area (Å²) in [5, 5.41) is 13.6. The Kier molecular flexibility index (Phi) is 5.97. The maximum Gasteiger partial charge on any atom is 0.273 e. The molecule has 2 N–H and O–H groups in total. The fourth-order valence-electron chi connectivity index (χ4n) is 2.82. The second-order valence-electron chi connectivity index (χ2n) is 6.82. The van der Waals surface area contributed by atoms with Crippen LogP contribution in [-0.4, -0.2) is 29.2 Å². The molecule has 0 aliphatic heterocycles. The highest BCUT2D eigenvalue weighted by molar-refractivity contribution is 7.92. The van der Waals surface area contributed by atoms with Crippen molar-refractivity contribution in [3.8, 4) is 0 Å². The number of aryl methyl sites for hydroxylation is 3. The molecule has 0 atom stereocenters. The van der Waals surface area contributed by atoms with Gasteiger partial charge >= 0.3 is 0 Å². The zero-order chi connectivity index (χ0) is 22.8. The summed E-state index contributed by atoms with van der Waals surface area (Å²) in [5.74, 6) is -0.587. The molecule has 3 aromatic rings. The zero-order valence-electron chi connectivity index (χ0n) is 16.9. The van der Waals surface area contributed by atoms with E-state index in [4.69, 9.17) is 0 Å². The molecule has 0 bridgehead atoms. The van der Waals surface area contributed by atoms with E-state index in [0.717, 1.165) is 0 Å². The average Bonchev–Trinajstić information content (AvgIpc) is 2.67. The van der Waals surface area contributed by atoms with Gasteiger partial charge in [0.1, 0.15) is 0 Å². The molecule has 0 saturated carbocycles. The van der Waals surface area contributed by atoms with Gasteiger partial charge in [-0.2, -0.15) is 0 Å². The van der Waals surface area contributed by atoms with Gasteiger partial charge in [-0.3, -0.25) is 14.9 Å². The summed E-state index contributed by atoms with van der Waals surface area (Å²) >= 11 is 0. The van der Waals surface area contributed by atoms with Crippen LogP contribution in [0.5, 0.6) is 0 Å². The first kappa shape index (κ1) is 21.8. The number of hydrogen-bond acceptors (Lipinski definition) is 7. The Morgan fingerprint density at radius 3 is 2.16 bits per heavy atom. The van der Waals surface area contributed by atoms with Crippen molar-refractivity contribution in [3.05, 3.63) is 81.2 Å². The van der Waals surface area contributed by atoms with E-state index in [1.165, 1.54) is 42.5 Å². The van der Waals surface area contributed by atoms with E-state index in [9.17, 15) is 23.3 Å². The van der Waals surface area contributed by atoms with Gasteiger partial charge in [-0.25, -0.2) is 23.1 Å². The number of nitrogens with one attached hydrogen (secondary N) is 2. The molecule has 0 spiro atoms. The summed E-state index contributed by atoms with van der Waals surface area (Å²) in [6.45, 7) is 5.04. The maximum absolute atomic E-state index is 12.6. The third kappa shape index (κ3) is 5.20. The van der Waals surface area contributed by atoms with E-state index in [0.29, 0.717) is 22.6 Å². The van der Waals surface area contributed by atoms with Crippen molar-refractivity contribution in [2.24, 2.45) is 0 Å². The van der Waals surface area contributed by atoms with Crippen molar-refractivity contribution in [3.63, 3.8) is 0 Å². The van der Waals surface area contributed by atoms with Crippen LogP contribution in [0.25, 0.3) is 0 Å². The summed E-state index contributed by atoms with van der Waals surface area (Å²) in [6.07, 6.45) is 0. The van der Waals surface area contributed by atoms with Crippen LogP contribution in [0.2, 0.25) is 0 Å². The number of carbonyl (C=O) groups is 1. The summed E-state index contributed by atoms with van der Waals surface area (Å²) in [4.78, 5) is 31.0. The second-order valence-corrected chi connectivity index (χ2v) is 8.50. The minimum Gasteiger partial charge on any atom is -0.322 e. The highest BCUT2D eigenvalue weighted by Gasteiger charge is 2.18. The maximum atomic E-state index is 12.6.